The minimum atomic E-state index is 0.106. The van der Waals surface area contributed by atoms with Gasteiger partial charge in [-0.2, -0.15) is 0 Å². The molecule has 10 rings (SSSR count). The average Bonchev–Trinajstić information content (AvgIpc) is 3.62. The van der Waals surface area contributed by atoms with Crippen molar-refractivity contribution in [3.05, 3.63) is 142 Å². The lowest BCUT2D eigenvalue weighted by Crippen LogP contribution is -2.61. The molecule has 3 heterocycles. The summed E-state index contributed by atoms with van der Waals surface area (Å²) in [6.45, 7) is 31.2. The smallest absolute Gasteiger partial charge is 0.264 e. The standard InChI is InChI=1S/C59H69BN2S/c1-34(2)39-14-16-41(17-15-39)45-30-42(36(5)6)20-24-50(45)62-53-29-38(9)28-52-55(53)60(57-56(62)46-32-47-48(33-54(46)63-57)59(12,13)27-26-58(47,10)11)49-31-43(37(7)8)21-25-51(49)61(52)44-22-18-40(19-23-44)35(3)4/h14,16-19,21-25,28-37,39,42H,15,20,26-27H2,1-13H3. The normalized spacial score (nSPS) is 20.8. The molecule has 4 heteroatoms. The molecule has 0 amide bonds. The first-order valence-electron chi connectivity index (χ1n) is 24.3. The topological polar surface area (TPSA) is 6.48 Å². The maximum atomic E-state index is 2.78. The number of hydrogen-bond acceptors (Lipinski definition) is 3. The summed E-state index contributed by atoms with van der Waals surface area (Å²) in [6.07, 6.45) is 17.4. The SMILES string of the molecule is Cc1cc2c3c(c1)N(c1ccc(C(C)C)cc1)c1ccc(C(C)C)cc1B3c1sc3cc4c(cc3c1N2C1=CCC(C(C)C)C=C1C1=CCC(C(C)C)C=C1)C(C)(C)CCC4(C)C. The molecule has 5 aromatic rings. The van der Waals surface area contributed by atoms with E-state index in [9.17, 15) is 0 Å². The van der Waals surface area contributed by atoms with E-state index in [-0.39, 0.29) is 17.5 Å². The van der Waals surface area contributed by atoms with Gasteiger partial charge in [-0.1, -0.05) is 138 Å². The van der Waals surface area contributed by atoms with Gasteiger partial charge in [0.15, 0.2) is 0 Å². The van der Waals surface area contributed by atoms with Crippen LogP contribution in [-0.4, -0.2) is 6.71 Å². The van der Waals surface area contributed by atoms with Crippen molar-refractivity contribution in [2.75, 3.05) is 9.80 Å². The van der Waals surface area contributed by atoms with Gasteiger partial charge in [0.25, 0.3) is 6.71 Å². The van der Waals surface area contributed by atoms with Crippen molar-refractivity contribution in [3.8, 4) is 0 Å². The van der Waals surface area contributed by atoms with Crippen LogP contribution < -0.4 is 25.5 Å². The van der Waals surface area contributed by atoms with Crippen LogP contribution in [0, 0.1) is 30.6 Å². The number of rotatable bonds is 7. The van der Waals surface area contributed by atoms with E-state index < -0.39 is 0 Å². The fourth-order valence-corrected chi connectivity index (χ4v) is 12.9. The van der Waals surface area contributed by atoms with Gasteiger partial charge in [0.2, 0.25) is 0 Å². The van der Waals surface area contributed by atoms with Crippen molar-refractivity contribution in [1.82, 2.24) is 0 Å². The van der Waals surface area contributed by atoms with E-state index in [4.69, 9.17) is 0 Å². The van der Waals surface area contributed by atoms with E-state index >= 15 is 0 Å². The summed E-state index contributed by atoms with van der Waals surface area (Å²) in [5.74, 6) is 3.15. The van der Waals surface area contributed by atoms with E-state index in [1.54, 1.807) is 5.56 Å². The van der Waals surface area contributed by atoms with Gasteiger partial charge in [0, 0.05) is 48.9 Å². The summed E-state index contributed by atoms with van der Waals surface area (Å²) in [5.41, 5.74) is 21.0. The Kier molecular flexibility index (Phi) is 10.3. The number of allylic oxidation sites excluding steroid dienone is 6. The van der Waals surface area contributed by atoms with Crippen LogP contribution in [0.1, 0.15) is 148 Å². The summed E-state index contributed by atoms with van der Waals surface area (Å²) >= 11 is 2.07. The first-order valence-corrected chi connectivity index (χ1v) is 25.2. The van der Waals surface area contributed by atoms with E-state index in [0.717, 1.165) is 12.8 Å². The number of fused-ring (bicyclic) bond motifs is 7. The Hall–Kier alpha value is -4.54. The summed E-state index contributed by atoms with van der Waals surface area (Å²) in [6, 6.07) is 27.2. The van der Waals surface area contributed by atoms with Crippen molar-refractivity contribution in [2.45, 2.75) is 138 Å². The van der Waals surface area contributed by atoms with Gasteiger partial charge >= 0.3 is 0 Å². The molecule has 0 radical (unpaired) electrons. The van der Waals surface area contributed by atoms with Gasteiger partial charge in [0.1, 0.15) is 0 Å². The van der Waals surface area contributed by atoms with Crippen LogP contribution in [0.5, 0.6) is 0 Å². The zero-order valence-corrected chi connectivity index (χ0v) is 41.2. The third-order valence-electron chi connectivity index (χ3n) is 15.9. The number of hydrogen-bond donors (Lipinski definition) is 0. The molecule has 0 N–H and O–H groups in total. The predicted molar refractivity (Wildman–Crippen MR) is 277 cm³/mol. The molecule has 0 saturated heterocycles. The van der Waals surface area contributed by atoms with Crippen molar-refractivity contribution in [1.29, 1.82) is 0 Å². The highest BCUT2D eigenvalue weighted by molar-refractivity contribution is 7.33. The average molecular weight is 849 g/mol. The first kappa shape index (κ1) is 42.4. The minimum absolute atomic E-state index is 0.106. The lowest BCUT2D eigenvalue weighted by atomic mass is 9.36. The maximum Gasteiger partial charge on any atom is 0.264 e. The highest BCUT2D eigenvalue weighted by Crippen LogP contribution is 2.53. The van der Waals surface area contributed by atoms with Crippen LogP contribution in [0.3, 0.4) is 0 Å². The van der Waals surface area contributed by atoms with Crippen molar-refractivity contribution in [3.63, 3.8) is 0 Å². The van der Waals surface area contributed by atoms with E-state index in [1.165, 1.54) is 106 Å². The fourth-order valence-electron chi connectivity index (χ4n) is 11.6. The van der Waals surface area contributed by atoms with E-state index in [0.29, 0.717) is 35.5 Å². The van der Waals surface area contributed by atoms with Gasteiger partial charge in [-0.25, -0.2) is 0 Å². The molecular formula is C59H69BN2S. The summed E-state index contributed by atoms with van der Waals surface area (Å²) in [7, 11) is 0. The van der Waals surface area contributed by atoms with Crippen LogP contribution in [0.25, 0.3) is 10.1 Å². The van der Waals surface area contributed by atoms with Gasteiger partial charge in [-0.05, 0) is 166 Å². The zero-order chi connectivity index (χ0) is 44.4. The summed E-state index contributed by atoms with van der Waals surface area (Å²) in [4.78, 5) is 5.39. The minimum Gasteiger partial charge on any atom is -0.311 e. The molecule has 5 aliphatic rings. The molecule has 2 atom stereocenters. The van der Waals surface area contributed by atoms with Crippen molar-refractivity contribution >= 4 is 72.3 Å². The van der Waals surface area contributed by atoms with Crippen LogP contribution >= 0.6 is 11.3 Å². The Morgan fingerprint density at radius 3 is 1.90 bits per heavy atom. The molecule has 2 aliphatic heterocycles. The molecule has 0 fully saturated rings. The Morgan fingerprint density at radius 1 is 0.667 bits per heavy atom. The molecule has 0 bridgehead atoms. The molecular weight excluding hydrogens is 780 g/mol. The zero-order valence-electron chi connectivity index (χ0n) is 40.4. The van der Waals surface area contributed by atoms with Gasteiger partial charge in [0.05, 0.1) is 5.69 Å². The highest BCUT2D eigenvalue weighted by Gasteiger charge is 2.47. The summed E-state index contributed by atoms with van der Waals surface area (Å²) in [5, 5.41) is 1.42. The van der Waals surface area contributed by atoms with Crippen LogP contribution in [-0.2, 0) is 10.8 Å². The lowest BCUT2D eigenvalue weighted by Gasteiger charge is -2.45. The monoisotopic (exact) mass is 849 g/mol. The first-order chi connectivity index (χ1) is 29.9. The lowest BCUT2D eigenvalue weighted by molar-refractivity contribution is 0.332. The van der Waals surface area contributed by atoms with Gasteiger partial charge in [-0.15, -0.1) is 11.3 Å². The molecule has 0 spiro atoms. The predicted octanol–water partition coefficient (Wildman–Crippen LogP) is 15.2. The third-order valence-corrected chi connectivity index (χ3v) is 17.1. The second-order valence-corrected chi connectivity index (χ2v) is 23.6. The third kappa shape index (κ3) is 6.87. The quantitative estimate of drug-likeness (QED) is 0.148. The molecule has 2 nitrogen and oxygen atoms in total. The molecule has 1 aromatic heterocycles. The number of nitrogens with zero attached hydrogens (tertiary/aromatic N) is 2. The molecule has 63 heavy (non-hydrogen) atoms. The maximum absolute atomic E-state index is 2.78. The van der Waals surface area contributed by atoms with Crippen molar-refractivity contribution in [2.24, 2.45) is 23.7 Å². The Labute approximate surface area is 384 Å². The van der Waals surface area contributed by atoms with Crippen LogP contribution in [0.2, 0.25) is 0 Å². The molecule has 0 saturated carbocycles. The fraction of sp³-hybridized carbons (Fsp3) is 0.424. The Balaban J connectivity index is 1.30. The van der Waals surface area contributed by atoms with Crippen LogP contribution in [0.4, 0.5) is 28.4 Å². The Bertz CT molecular complexity index is 2780. The van der Waals surface area contributed by atoms with Gasteiger partial charge < -0.3 is 9.80 Å². The highest BCUT2D eigenvalue weighted by atomic mass is 32.1. The largest absolute Gasteiger partial charge is 0.311 e. The van der Waals surface area contributed by atoms with Crippen LogP contribution in [0.15, 0.2) is 114 Å². The molecule has 2 unspecified atom stereocenters. The van der Waals surface area contributed by atoms with E-state index in [2.05, 4.69) is 208 Å². The van der Waals surface area contributed by atoms with Gasteiger partial charge in [-0.3, -0.25) is 0 Å². The molecule has 3 aliphatic carbocycles. The number of thiophene rings is 1. The molecule has 4 aromatic carbocycles. The Morgan fingerprint density at radius 2 is 1.29 bits per heavy atom. The number of aryl methyl sites for hydroxylation is 1. The number of anilines is 5. The van der Waals surface area contributed by atoms with E-state index in [1.807, 2.05) is 0 Å². The van der Waals surface area contributed by atoms with Crippen molar-refractivity contribution < 1.29 is 0 Å². The summed E-state index contributed by atoms with van der Waals surface area (Å²) < 4.78 is 2.91. The number of benzene rings is 4. The second-order valence-electron chi connectivity index (χ2n) is 22.5. The second kappa shape index (κ2) is 15.3. The molecule has 324 valence electrons.